The van der Waals surface area contributed by atoms with Crippen LogP contribution >= 0.6 is 0 Å². The van der Waals surface area contributed by atoms with Crippen LogP contribution in [0.1, 0.15) is 35.0 Å². The highest BCUT2D eigenvalue weighted by atomic mass is 16.5. The number of hydrogen-bond acceptors (Lipinski definition) is 4. The molecule has 3 aromatic rings. The molecule has 1 amide bonds. The molecule has 1 heterocycles. The second-order valence-electron chi connectivity index (χ2n) is 6.90. The van der Waals surface area contributed by atoms with Crippen molar-refractivity contribution in [1.82, 2.24) is 15.1 Å². The Morgan fingerprint density at radius 1 is 1.14 bits per heavy atom. The lowest BCUT2D eigenvalue weighted by molar-refractivity contribution is 0.0941. The van der Waals surface area contributed by atoms with Gasteiger partial charge in [0.2, 0.25) is 0 Å². The zero-order valence-electron chi connectivity index (χ0n) is 15.9. The second kappa shape index (κ2) is 7.84. The van der Waals surface area contributed by atoms with Gasteiger partial charge in [0.15, 0.2) is 5.69 Å². The summed E-state index contributed by atoms with van der Waals surface area (Å²) in [4.78, 5) is 25.0. The van der Waals surface area contributed by atoms with E-state index in [-0.39, 0.29) is 17.2 Å². The third-order valence-corrected chi connectivity index (χ3v) is 5.11. The molecule has 28 heavy (non-hydrogen) atoms. The molecular formula is C22H23N3O3. The number of hydrogen-bond donors (Lipinski definition) is 1. The molecule has 2 aromatic carbocycles. The van der Waals surface area contributed by atoms with Gasteiger partial charge < -0.3 is 10.1 Å². The van der Waals surface area contributed by atoms with Crippen LogP contribution in [0.25, 0.3) is 10.8 Å². The van der Waals surface area contributed by atoms with Crippen LogP contribution in [0.15, 0.2) is 47.3 Å². The Morgan fingerprint density at radius 3 is 2.75 bits per heavy atom. The number of aryl methyl sites for hydroxylation is 3. The summed E-state index contributed by atoms with van der Waals surface area (Å²) in [5, 5.41) is 8.15. The summed E-state index contributed by atoms with van der Waals surface area (Å²) in [6.45, 7) is 2.97. The summed E-state index contributed by atoms with van der Waals surface area (Å²) in [6.07, 6.45) is 3.46. The van der Waals surface area contributed by atoms with Gasteiger partial charge in [-0.25, -0.2) is 4.68 Å². The standard InChI is InChI=1S/C22H23N3O3/c1-2-25-22(27)19-9-4-3-8-18(19)20(24-25)21(26)23-12-13-28-17-11-10-15-6-5-7-16(15)14-17/h3-4,8-11,14H,2,5-7,12-13H2,1H3,(H,23,26). The summed E-state index contributed by atoms with van der Waals surface area (Å²) in [6, 6.07) is 13.3. The minimum absolute atomic E-state index is 0.186. The largest absolute Gasteiger partial charge is 0.492 e. The molecular weight excluding hydrogens is 354 g/mol. The quantitative estimate of drug-likeness (QED) is 0.671. The molecule has 0 saturated heterocycles. The Morgan fingerprint density at radius 2 is 1.93 bits per heavy atom. The SMILES string of the molecule is CCn1nc(C(=O)NCCOc2ccc3c(c2)CCC3)c2ccccc2c1=O. The maximum atomic E-state index is 12.7. The highest BCUT2D eigenvalue weighted by molar-refractivity contribution is 6.04. The topological polar surface area (TPSA) is 73.2 Å². The van der Waals surface area contributed by atoms with Gasteiger partial charge in [-0.15, -0.1) is 0 Å². The first-order chi connectivity index (χ1) is 13.7. The first kappa shape index (κ1) is 18.2. The van der Waals surface area contributed by atoms with Crippen LogP contribution in [0.4, 0.5) is 0 Å². The second-order valence-corrected chi connectivity index (χ2v) is 6.90. The average Bonchev–Trinajstić information content (AvgIpc) is 3.19. The zero-order valence-corrected chi connectivity index (χ0v) is 15.9. The highest BCUT2D eigenvalue weighted by Crippen LogP contribution is 2.25. The molecule has 0 spiro atoms. The molecule has 1 aliphatic rings. The van der Waals surface area contributed by atoms with Crippen molar-refractivity contribution in [3.8, 4) is 5.75 Å². The Kier molecular flexibility index (Phi) is 5.10. The summed E-state index contributed by atoms with van der Waals surface area (Å²) in [5.41, 5.74) is 2.84. The Labute approximate surface area is 163 Å². The molecule has 0 saturated carbocycles. The minimum Gasteiger partial charge on any atom is -0.492 e. The number of nitrogens with one attached hydrogen (secondary N) is 1. The maximum absolute atomic E-state index is 12.7. The third kappa shape index (κ3) is 3.50. The lowest BCUT2D eigenvalue weighted by Gasteiger charge is -2.11. The van der Waals surface area contributed by atoms with Gasteiger partial charge in [-0.1, -0.05) is 24.3 Å². The molecule has 0 atom stereocenters. The van der Waals surface area contributed by atoms with Crippen molar-refractivity contribution in [3.63, 3.8) is 0 Å². The van der Waals surface area contributed by atoms with Crippen molar-refractivity contribution in [3.05, 3.63) is 69.6 Å². The Hall–Kier alpha value is -3.15. The van der Waals surface area contributed by atoms with Gasteiger partial charge >= 0.3 is 0 Å². The number of nitrogens with zero attached hydrogens (tertiary/aromatic N) is 2. The van der Waals surface area contributed by atoms with Crippen LogP contribution in [-0.4, -0.2) is 28.8 Å². The predicted octanol–water partition coefficient (Wildman–Crippen LogP) is 2.71. The highest BCUT2D eigenvalue weighted by Gasteiger charge is 2.16. The number of carbonyl (C=O) groups is 1. The number of carbonyl (C=O) groups excluding carboxylic acids is 1. The number of fused-ring (bicyclic) bond motifs is 2. The number of amides is 1. The summed E-state index contributed by atoms with van der Waals surface area (Å²) < 4.78 is 7.10. The number of benzene rings is 2. The van der Waals surface area contributed by atoms with Crippen LogP contribution < -0.4 is 15.6 Å². The fourth-order valence-corrected chi connectivity index (χ4v) is 3.67. The van der Waals surface area contributed by atoms with Gasteiger partial charge in [0.25, 0.3) is 11.5 Å². The van der Waals surface area contributed by atoms with Crippen molar-refractivity contribution >= 4 is 16.7 Å². The molecule has 0 bridgehead atoms. The zero-order chi connectivity index (χ0) is 19.5. The minimum atomic E-state index is -0.309. The van der Waals surface area contributed by atoms with Crippen molar-refractivity contribution < 1.29 is 9.53 Å². The predicted molar refractivity (Wildman–Crippen MR) is 108 cm³/mol. The van der Waals surface area contributed by atoms with Crippen LogP contribution in [0.3, 0.4) is 0 Å². The number of ether oxygens (including phenoxy) is 1. The molecule has 1 aromatic heterocycles. The van der Waals surface area contributed by atoms with Crippen molar-refractivity contribution in [2.45, 2.75) is 32.7 Å². The molecule has 1 N–H and O–H groups in total. The molecule has 4 rings (SSSR count). The molecule has 1 aliphatic carbocycles. The molecule has 6 heteroatoms. The molecule has 0 aliphatic heterocycles. The van der Waals surface area contributed by atoms with E-state index < -0.39 is 0 Å². The van der Waals surface area contributed by atoms with Gasteiger partial charge in [0, 0.05) is 11.9 Å². The van der Waals surface area contributed by atoms with Crippen LogP contribution in [0.2, 0.25) is 0 Å². The fourth-order valence-electron chi connectivity index (χ4n) is 3.67. The fraction of sp³-hybridized carbons (Fsp3) is 0.318. The summed E-state index contributed by atoms with van der Waals surface area (Å²) in [5.74, 6) is 0.522. The van der Waals surface area contributed by atoms with Gasteiger partial charge in [0.05, 0.1) is 11.9 Å². The molecule has 0 fully saturated rings. The molecule has 6 nitrogen and oxygen atoms in total. The van der Waals surface area contributed by atoms with Gasteiger partial charge in [0.1, 0.15) is 12.4 Å². The van der Waals surface area contributed by atoms with Crippen molar-refractivity contribution in [2.24, 2.45) is 0 Å². The molecule has 144 valence electrons. The summed E-state index contributed by atoms with van der Waals surface area (Å²) in [7, 11) is 0. The first-order valence-electron chi connectivity index (χ1n) is 9.70. The lowest BCUT2D eigenvalue weighted by Crippen LogP contribution is -2.32. The van der Waals surface area contributed by atoms with E-state index in [1.807, 2.05) is 13.0 Å². The Balaban J connectivity index is 1.43. The van der Waals surface area contributed by atoms with E-state index in [0.29, 0.717) is 30.5 Å². The van der Waals surface area contributed by atoms with E-state index in [1.165, 1.54) is 22.2 Å². The van der Waals surface area contributed by atoms with Crippen molar-refractivity contribution in [2.75, 3.05) is 13.2 Å². The third-order valence-electron chi connectivity index (χ3n) is 5.11. The van der Waals surface area contributed by atoms with E-state index in [4.69, 9.17) is 4.74 Å². The van der Waals surface area contributed by atoms with Crippen LogP contribution in [0.5, 0.6) is 5.75 Å². The first-order valence-corrected chi connectivity index (χ1v) is 9.70. The van der Waals surface area contributed by atoms with Gasteiger partial charge in [-0.3, -0.25) is 9.59 Å². The maximum Gasteiger partial charge on any atom is 0.274 e. The van der Waals surface area contributed by atoms with Crippen molar-refractivity contribution in [1.29, 1.82) is 0 Å². The number of aromatic nitrogens is 2. The smallest absolute Gasteiger partial charge is 0.274 e. The van der Waals surface area contributed by atoms with Gasteiger partial charge in [-0.05, 0) is 55.5 Å². The normalized spacial score (nSPS) is 12.8. The van der Waals surface area contributed by atoms with E-state index in [2.05, 4.69) is 22.5 Å². The summed E-state index contributed by atoms with van der Waals surface area (Å²) >= 11 is 0. The molecule has 0 unspecified atom stereocenters. The Bertz CT molecular complexity index is 1090. The van der Waals surface area contributed by atoms with E-state index in [9.17, 15) is 9.59 Å². The number of rotatable bonds is 6. The van der Waals surface area contributed by atoms with Crippen LogP contribution in [0, 0.1) is 0 Å². The average molecular weight is 377 g/mol. The van der Waals surface area contributed by atoms with E-state index in [1.54, 1.807) is 24.3 Å². The van der Waals surface area contributed by atoms with E-state index >= 15 is 0 Å². The van der Waals surface area contributed by atoms with E-state index in [0.717, 1.165) is 18.6 Å². The van der Waals surface area contributed by atoms with Crippen LogP contribution in [-0.2, 0) is 19.4 Å². The van der Waals surface area contributed by atoms with Gasteiger partial charge in [-0.2, -0.15) is 5.10 Å². The lowest BCUT2D eigenvalue weighted by atomic mass is 10.1. The monoisotopic (exact) mass is 377 g/mol. The molecule has 0 radical (unpaired) electrons.